The van der Waals surface area contributed by atoms with Crippen molar-refractivity contribution in [2.45, 2.75) is 13.8 Å². The van der Waals surface area contributed by atoms with E-state index in [2.05, 4.69) is 31.5 Å². The van der Waals surface area contributed by atoms with Crippen LogP contribution in [0.15, 0.2) is 16.7 Å². The molecule has 0 saturated carbocycles. The van der Waals surface area contributed by atoms with Crippen LogP contribution in [0.2, 0.25) is 0 Å². The van der Waals surface area contributed by atoms with Crippen LogP contribution in [-0.2, 0) is 9.59 Å². The largest absolute Gasteiger partial charge is 0.480 e. The lowest BCUT2D eigenvalue weighted by Crippen LogP contribution is -2.39. The van der Waals surface area contributed by atoms with Gasteiger partial charge in [-0.3, -0.25) is 18.8 Å². The maximum atomic E-state index is 12.3. The standard InChI is InChI=1S/C14H15BrN4O4/c1-7-3-9(15)6-19-12(8(2)18-13(7)19)14(23)17-4-10(20)16-5-11(21)22/h3,6H,4-5H2,1-2H3,(H,16,20)(H,17,23)(H,21,22). The minimum atomic E-state index is -1.15. The molecular weight excluding hydrogens is 368 g/mol. The molecule has 8 nitrogen and oxygen atoms in total. The van der Waals surface area contributed by atoms with Crippen LogP contribution in [0.25, 0.3) is 5.65 Å². The number of aliphatic carboxylic acids is 1. The summed E-state index contributed by atoms with van der Waals surface area (Å²) in [5.41, 5.74) is 2.43. The fraction of sp³-hybridized carbons (Fsp3) is 0.286. The van der Waals surface area contributed by atoms with E-state index < -0.39 is 24.3 Å². The van der Waals surface area contributed by atoms with Gasteiger partial charge in [0, 0.05) is 10.7 Å². The van der Waals surface area contributed by atoms with Crippen molar-refractivity contribution in [1.29, 1.82) is 0 Å². The third kappa shape index (κ3) is 3.86. The molecule has 9 heteroatoms. The van der Waals surface area contributed by atoms with Gasteiger partial charge in [0.15, 0.2) is 0 Å². The van der Waals surface area contributed by atoms with E-state index in [0.717, 1.165) is 10.0 Å². The molecule has 23 heavy (non-hydrogen) atoms. The lowest BCUT2D eigenvalue weighted by Gasteiger charge is -2.07. The molecular formula is C14H15BrN4O4. The molecule has 0 spiro atoms. The molecule has 2 heterocycles. The highest BCUT2D eigenvalue weighted by Crippen LogP contribution is 2.20. The number of carbonyl (C=O) groups is 3. The normalized spacial score (nSPS) is 10.6. The van der Waals surface area contributed by atoms with E-state index in [9.17, 15) is 14.4 Å². The minimum absolute atomic E-state index is 0.314. The molecule has 122 valence electrons. The number of hydrogen-bond acceptors (Lipinski definition) is 4. The number of carboxylic acids is 1. The highest BCUT2D eigenvalue weighted by atomic mass is 79.9. The van der Waals surface area contributed by atoms with Crippen molar-refractivity contribution in [2.75, 3.05) is 13.1 Å². The van der Waals surface area contributed by atoms with E-state index in [1.165, 1.54) is 0 Å². The molecule has 2 amide bonds. The smallest absolute Gasteiger partial charge is 0.322 e. The van der Waals surface area contributed by atoms with Gasteiger partial charge in [-0.05, 0) is 41.4 Å². The summed E-state index contributed by atoms with van der Waals surface area (Å²) in [6, 6.07) is 1.89. The second-order valence-corrected chi connectivity index (χ2v) is 5.85. The summed E-state index contributed by atoms with van der Waals surface area (Å²) in [7, 11) is 0. The van der Waals surface area contributed by atoms with Gasteiger partial charge >= 0.3 is 5.97 Å². The fourth-order valence-electron chi connectivity index (χ4n) is 2.14. The zero-order valence-corrected chi connectivity index (χ0v) is 14.1. The molecule has 2 aromatic heterocycles. The molecule has 3 N–H and O–H groups in total. The Labute approximate surface area is 140 Å². The molecule has 0 aliphatic rings. The van der Waals surface area contributed by atoms with Gasteiger partial charge in [0.05, 0.1) is 12.2 Å². The van der Waals surface area contributed by atoms with Crippen LogP contribution in [0.1, 0.15) is 21.7 Å². The molecule has 0 aliphatic carbocycles. The van der Waals surface area contributed by atoms with E-state index in [-0.39, 0.29) is 6.54 Å². The van der Waals surface area contributed by atoms with Crippen molar-refractivity contribution in [3.63, 3.8) is 0 Å². The van der Waals surface area contributed by atoms with Crippen LogP contribution in [-0.4, -0.2) is 45.4 Å². The summed E-state index contributed by atoms with van der Waals surface area (Å²) in [5, 5.41) is 13.1. The number of aryl methyl sites for hydroxylation is 2. The first-order chi connectivity index (χ1) is 10.8. The predicted octanol–water partition coefficient (Wildman–Crippen LogP) is 0.644. The fourth-order valence-corrected chi connectivity index (χ4v) is 2.68. The molecule has 0 aromatic carbocycles. The molecule has 0 atom stereocenters. The average molecular weight is 383 g/mol. The van der Waals surface area contributed by atoms with Crippen molar-refractivity contribution < 1.29 is 19.5 Å². The number of imidazole rings is 1. The maximum absolute atomic E-state index is 12.3. The van der Waals surface area contributed by atoms with Gasteiger partial charge in [0.2, 0.25) is 5.91 Å². The summed E-state index contributed by atoms with van der Waals surface area (Å²) in [5.74, 6) is -2.19. The number of carboxylic acid groups (broad SMARTS) is 1. The highest BCUT2D eigenvalue weighted by molar-refractivity contribution is 9.10. The van der Waals surface area contributed by atoms with Crippen LogP contribution in [0.3, 0.4) is 0 Å². The van der Waals surface area contributed by atoms with Crippen molar-refractivity contribution in [1.82, 2.24) is 20.0 Å². The lowest BCUT2D eigenvalue weighted by molar-refractivity contribution is -0.137. The first-order valence-electron chi connectivity index (χ1n) is 6.71. The zero-order chi connectivity index (χ0) is 17.1. The average Bonchev–Trinajstić information content (AvgIpc) is 2.79. The number of hydrogen-bond donors (Lipinski definition) is 3. The first kappa shape index (κ1) is 16.9. The molecule has 0 unspecified atom stereocenters. The zero-order valence-electron chi connectivity index (χ0n) is 12.5. The SMILES string of the molecule is Cc1nc2c(C)cc(Br)cn2c1C(=O)NCC(=O)NCC(=O)O. The van der Waals surface area contributed by atoms with Gasteiger partial charge in [0.25, 0.3) is 5.91 Å². The molecule has 2 rings (SSSR count). The maximum Gasteiger partial charge on any atom is 0.322 e. The molecule has 2 aromatic rings. The summed E-state index contributed by atoms with van der Waals surface area (Å²) in [4.78, 5) is 38.5. The van der Waals surface area contributed by atoms with Crippen LogP contribution in [0.5, 0.6) is 0 Å². The third-order valence-electron chi connectivity index (χ3n) is 3.11. The Morgan fingerprint density at radius 1 is 1.26 bits per heavy atom. The van der Waals surface area contributed by atoms with Gasteiger partial charge in [-0.1, -0.05) is 0 Å². The molecule has 0 radical (unpaired) electrons. The second-order valence-electron chi connectivity index (χ2n) is 4.93. The van der Waals surface area contributed by atoms with Crippen LogP contribution < -0.4 is 10.6 Å². The van der Waals surface area contributed by atoms with Gasteiger partial charge in [0.1, 0.15) is 17.9 Å². The number of amides is 2. The summed E-state index contributed by atoms with van der Waals surface area (Å²) in [6.45, 7) is 2.79. The van der Waals surface area contributed by atoms with E-state index >= 15 is 0 Å². The van der Waals surface area contributed by atoms with E-state index in [1.54, 1.807) is 17.5 Å². The molecule has 0 bridgehead atoms. The van der Waals surface area contributed by atoms with Gasteiger partial charge in [-0.15, -0.1) is 0 Å². The number of aromatic nitrogens is 2. The Morgan fingerprint density at radius 2 is 1.96 bits per heavy atom. The van der Waals surface area contributed by atoms with Crippen LogP contribution >= 0.6 is 15.9 Å². The lowest BCUT2D eigenvalue weighted by atomic mass is 10.3. The number of halogens is 1. The van der Waals surface area contributed by atoms with Crippen LogP contribution in [0, 0.1) is 13.8 Å². The minimum Gasteiger partial charge on any atom is -0.480 e. The molecule has 0 saturated heterocycles. The molecule has 0 fully saturated rings. The predicted molar refractivity (Wildman–Crippen MR) is 85.3 cm³/mol. The number of nitrogens with one attached hydrogen (secondary N) is 2. The van der Waals surface area contributed by atoms with E-state index in [0.29, 0.717) is 17.0 Å². The van der Waals surface area contributed by atoms with Crippen LogP contribution in [0.4, 0.5) is 0 Å². The second kappa shape index (κ2) is 6.78. The monoisotopic (exact) mass is 382 g/mol. The van der Waals surface area contributed by atoms with Crippen molar-refractivity contribution in [2.24, 2.45) is 0 Å². The summed E-state index contributed by atoms with van der Waals surface area (Å²) >= 11 is 3.37. The Kier molecular flexibility index (Phi) is 4.99. The number of pyridine rings is 1. The van der Waals surface area contributed by atoms with Crippen molar-refractivity contribution >= 4 is 39.4 Å². The Morgan fingerprint density at radius 3 is 2.61 bits per heavy atom. The van der Waals surface area contributed by atoms with Gasteiger partial charge in [-0.2, -0.15) is 0 Å². The highest BCUT2D eigenvalue weighted by Gasteiger charge is 2.18. The Balaban J connectivity index is 2.17. The Bertz CT molecular complexity index is 800. The Hall–Kier alpha value is -2.42. The van der Waals surface area contributed by atoms with Gasteiger partial charge < -0.3 is 15.7 Å². The number of fused-ring (bicyclic) bond motifs is 1. The number of rotatable bonds is 5. The summed E-state index contributed by atoms with van der Waals surface area (Å²) in [6.07, 6.45) is 1.72. The van der Waals surface area contributed by atoms with E-state index in [1.807, 2.05) is 13.0 Å². The topological polar surface area (TPSA) is 113 Å². The third-order valence-corrected chi connectivity index (χ3v) is 3.54. The van der Waals surface area contributed by atoms with Crippen molar-refractivity contribution in [3.8, 4) is 0 Å². The first-order valence-corrected chi connectivity index (χ1v) is 7.50. The quantitative estimate of drug-likeness (QED) is 0.702. The van der Waals surface area contributed by atoms with E-state index in [4.69, 9.17) is 5.11 Å². The number of nitrogens with zero attached hydrogens (tertiary/aromatic N) is 2. The van der Waals surface area contributed by atoms with Crippen molar-refractivity contribution in [3.05, 3.63) is 33.7 Å². The van der Waals surface area contributed by atoms with Gasteiger partial charge in [-0.25, -0.2) is 4.98 Å². The number of carbonyl (C=O) groups excluding carboxylic acids is 2. The molecule has 0 aliphatic heterocycles. The summed E-state index contributed by atoms with van der Waals surface area (Å²) < 4.78 is 2.45.